The predicted octanol–water partition coefficient (Wildman–Crippen LogP) is 3.04. The highest BCUT2D eigenvalue weighted by molar-refractivity contribution is 6.45. The van der Waals surface area contributed by atoms with Crippen LogP contribution in [0.2, 0.25) is 0 Å². The average molecular weight is 456 g/mol. The standard InChI is InChI=1S/C26H25N5O3/c1-17-15-27-22(20-9-6-10-29(20)2)23-21(17)19(16-28-23)24(32)26(34)31-13-11-30(12-14-31)25(33)18-7-4-3-5-8-18/h3-10,15-16,28H,11-14H2,1-2H3. The fraction of sp³-hybridized carbons (Fsp3) is 0.231. The van der Waals surface area contributed by atoms with Crippen molar-refractivity contribution in [3.8, 4) is 11.4 Å². The van der Waals surface area contributed by atoms with Crippen molar-refractivity contribution in [2.75, 3.05) is 26.2 Å². The predicted molar refractivity (Wildman–Crippen MR) is 128 cm³/mol. The highest BCUT2D eigenvalue weighted by Gasteiger charge is 2.31. The van der Waals surface area contributed by atoms with Crippen molar-refractivity contribution in [3.63, 3.8) is 0 Å². The number of pyridine rings is 1. The second-order valence-electron chi connectivity index (χ2n) is 8.53. The number of ketones is 1. The monoisotopic (exact) mass is 455 g/mol. The number of rotatable bonds is 4. The highest BCUT2D eigenvalue weighted by atomic mass is 16.2. The van der Waals surface area contributed by atoms with Gasteiger partial charge in [-0.15, -0.1) is 0 Å². The van der Waals surface area contributed by atoms with Gasteiger partial charge in [-0.3, -0.25) is 19.4 Å². The van der Waals surface area contributed by atoms with Gasteiger partial charge in [0.1, 0.15) is 5.69 Å². The maximum atomic E-state index is 13.3. The molecule has 1 saturated heterocycles. The fourth-order valence-electron chi connectivity index (χ4n) is 4.53. The minimum absolute atomic E-state index is 0.0630. The lowest BCUT2D eigenvalue weighted by Crippen LogP contribution is -2.52. The van der Waals surface area contributed by atoms with E-state index < -0.39 is 11.7 Å². The molecule has 3 aromatic heterocycles. The summed E-state index contributed by atoms with van der Waals surface area (Å²) in [6.07, 6.45) is 5.26. The molecule has 2 amide bonds. The number of benzene rings is 1. The molecule has 4 heterocycles. The van der Waals surface area contributed by atoms with Crippen LogP contribution in [-0.2, 0) is 11.8 Å². The number of aryl methyl sites for hydroxylation is 2. The van der Waals surface area contributed by atoms with Gasteiger partial charge >= 0.3 is 0 Å². The molecule has 172 valence electrons. The van der Waals surface area contributed by atoms with Crippen LogP contribution in [0.15, 0.2) is 61.1 Å². The van der Waals surface area contributed by atoms with Crippen molar-refractivity contribution in [2.24, 2.45) is 7.05 Å². The number of amides is 2. The average Bonchev–Trinajstić information content (AvgIpc) is 3.51. The molecule has 4 aromatic rings. The van der Waals surface area contributed by atoms with E-state index in [9.17, 15) is 14.4 Å². The molecular weight excluding hydrogens is 430 g/mol. The number of hydrogen-bond acceptors (Lipinski definition) is 4. The summed E-state index contributed by atoms with van der Waals surface area (Å²) in [5.74, 6) is -1.17. The molecule has 1 fully saturated rings. The Balaban J connectivity index is 1.35. The van der Waals surface area contributed by atoms with Gasteiger partial charge in [0.05, 0.1) is 16.8 Å². The van der Waals surface area contributed by atoms with Crippen LogP contribution in [-0.4, -0.2) is 68.1 Å². The summed E-state index contributed by atoms with van der Waals surface area (Å²) in [5, 5.41) is 0.711. The van der Waals surface area contributed by atoms with E-state index in [4.69, 9.17) is 0 Å². The minimum atomic E-state index is -0.554. The summed E-state index contributed by atoms with van der Waals surface area (Å²) in [6, 6.07) is 13.0. The van der Waals surface area contributed by atoms with Crippen molar-refractivity contribution in [1.82, 2.24) is 24.3 Å². The number of carbonyl (C=O) groups is 3. The van der Waals surface area contributed by atoms with E-state index in [1.54, 1.807) is 29.4 Å². The van der Waals surface area contributed by atoms with Crippen LogP contribution in [0.25, 0.3) is 22.3 Å². The van der Waals surface area contributed by atoms with E-state index in [1.165, 1.54) is 4.90 Å². The van der Waals surface area contributed by atoms with Gasteiger partial charge in [-0.05, 0) is 36.8 Å². The number of aromatic amines is 1. The van der Waals surface area contributed by atoms with Crippen LogP contribution >= 0.6 is 0 Å². The van der Waals surface area contributed by atoms with Gasteiger partial charge in [-0.1, -0.05) is 18.2 Å². The van der Waals surface area contributed by atoms with Gasteiger partial charge < -0.3 is 19.4 Å². The topological polar surface area (TPSA) is 91.3 Å². The second kappa shape index (κ2) is 8.62. The first-order valence-electron chi connectivity index (χ1n) is 11.2. The fourth-order valence-corrected chi connectivity index (χ4v) is 4.53. The van der Waals surface area contributed by atoms with Gasteiger partial charge in [-0.2, -0.15) is 0 Å². The first kappa shape index (κ1) is 21.6. The molecule has 0 aliphatic carbocycles. The molecule has 5 rings (SSSR count). The van der Waals surface area contributed by atoms with Crippen molar-refractivity contribution in [2.45, 2.75) is 6.92 Å². The number of Topliss-reactive ketones (excluding diaryl/α,β-unsaturated/α-hetero) is 1. The zero-order valence-corrected chi connectivity index (χ0v) is 19.1. The zero-order chi connectivity index (χ0) is 23.8. The van der Waals surface area contributed by atoms with Gasteiger partial charge in [0, 0.05) is 62.8 Å². The molecule has 0 radical (unpaired) electrons. The van der Waals surface area contributed by atoms with Gasteiger partial charge in [-0.25, -0.2) is 0 Å². The van der Waals surface area contributed by atoms with Crippen molar-refractivity contribution < 1.29 is 14.4 Å². The third-order valence-corrected chi connectivity index (χ3v) is 6.40. The second-order valence-corrected chi connectivity index (χ2v) is 8.53. The normalized spacial score (nSPS) is 13.9. The lowest BCUT2D eigenvalue weighted by molar-refractivity contribution is -0.127. The molecule has 0 atom stereocenters. The molecule has 0 spiro atoms. The zero-order valence-electron chi connectivity index (χ0n) is 19.1. The first-order valence-corrected chi connectivity index (χ1v) is 11.2. The molecule has 1 aromatic carbocycles. The number of H-pyrrole nitrogens is 1. The molecule has 1 N–H and O–H groups in total. The van der Waals surface area contributed by atoms with Crippen LogP contribution in [0.1, 0.15) is 26.3 Å². The number of piperazine rings is 1. The Morgan fingerprint density at radius 1 is 0.941 bits per heavy atom. The van der Waals surface area contributed by atoms with E-state index >= 15 is 0 Å². The third kappa shape index (κ3) is 3.67. The van der Waals surface area contributed by atoms with Crippen LogP contribution < -0.4 is 0 Å². The van der Waals surface area contributed by atoms with Crippen LogP contribution in [0.4, 0.5) is 0 Å². The third-order valence-electron chi connectivity index (χ3n) is 6.40. The Hall–Kier alpha value is -4.20. The van der Waals surface area contributed by atoms with Crippen LogP contribution in [0, 0.1) is 6.92 Å². The van der Waals surface area contributed by atoms with Crippen LogP contribution in [0.3, 0.4) is 0 Å². The lowest BCUT2D eigenvalue weighted by atomic mass is 10.0. The number of carbonyl (C=O) groups excluding carboxylic acids is 3. The van der Waals surface area contributed by atoms with Crippen molar-refractivity contribution in [3.05, 3.63) is 77.7 Å². The molecule has 8 nitrogen and oxygen atoms in total. The molecule has 34 heavy (non-hydrogen) atoms. The highest BCUT2D eigenvalue weighted by Crippen LogP contribution is 2.30. The summed E-state index contributed by atoms with van der Waals surface area (Å²) >= 11 is 0. The van der Waals surface area contributed by atoms with Crippen LogP contribution in [0.5, 0.6) is 0 Å². The first-order chi connectivity index (χ1) is 16.5. The summed E-state index contributed by atoms with van der Waals surface area (Å²) in [5.41, 5.74) is 4.16. The number of nitrogens with one attached hydrogen (secondary N) is 1. The van der Waals surface area contributed by atoms with Gasteiger partial charge in [0.15, 0.2) is 0 Å². The Bertz CT molecular complexity index is 1390. The summed E-state index contributed by atoms with van der Waals surface area (Å²) in [6.45, 7) is 3.30. The SMILES string of the molecule is Cc1cnc(-c2cccn2C)c2[nH]cc(C(=O)C(=O)N3CCN(C(=O)c4ccccc4)CC3)c12. The van der Waals surface area contributed by atoms with Crippen molar-refractivity contribution >= 4 is 28.5 Å². The van der Waals surface area contributed by atoms with E-state index in [1.807, 2.05) is 55.1 Å². The summed E-state index contributed by atoms with van der Waals surface area (Å²) < 4.78 is 1.96. The molecule has 0 unspecified atom stereocenters. The van der Waals surface area contributed by atoms with Crippen molar-refractivity contribution in [1.29, 1.82) is 0 Å². The van der Waals surface area contributed by atoms with E-state index in [0.29, 0.717) is 42.7 Å². The van der Waals surface area contributed by atoms with Gasteiger partial charge in [0.25, 0.3) is 17.6 Å². The Kier molecular flexibility index (Phi) is 5.49. The lowest BCUT2D eigenvalue weighted by Gasteiger charge is -2.34. The minimum Gasteiger partial charge on any atom is -0.359 e. The van der Waals surface area contributed by atoms with E-state index in [2.05, 4.69) is 9.97 Å². The Morgan fingerprint density at radius 2 is 1.65 bits per heavy atom. The number of hydrogen-bond donors (Lipinski definition) is 1. The summed E-state index contributed by atoms with van der Waals surface area (Å²) in [4.78, 5) is 50.0. The number of fused-ring (bicyclic) bond motifs is 1. The Morgan fingerprint density at radius 3 is 2.32 bits per heavy atom. The number of nitrogens with zero attached hydrogens (tertiary/aromatic N) is 4. The summed E-state index contributed by atoms with van der Waals surface area (Å²) in [7, 11) is 1.93. The van der Waals surface area contributed by atoms with E-state index in [0.717, 1.165) is 22.5 Å². The van der Waals surface area contributed by atoms with Gasteiger partial charge in [0.2, 0.25) is 0 Å². The molecule has 1 aliphatic heterocycles. The largest absolute Gasteiger partial charge is 0.359 e. The maximum absolute atomic E-state index is 13.3. The number of aromatic nitrogens is 3. The Labute approximate surface area is 196 Å². The molecular formula is C26H25N5O3. The maximum Gasteiger partial charge on any atom is 0.295 e. The smallest absolute Gasteiger partial charge is 0.295 e. The molecule has 8 heteroatoms. The molecule has 0 bridgehead atoms. The molecule has 0 saturated carbocycles. The molecule has 1 aliphatic rings. The quantitative estimate of drug-likeness (QED) is 0.378. The van der Waals surface area contributed by atoms with E-state index in [-0.39, 0.29) is 5.91 Å².